The molecule has 3 unspecified atom stereocenters. The molecule has 2 aliphatic rings. The number of methoxy groups -OCH3 is 1. The summed E-state index contributed by atoms with van der Waals surface area (Å²) in [5.74, 6) is -3.05. The zero-order valence-electron chi connectivity index (χ0n) is 28.5. The molecular weight excluding hydrogens is 610 g/mol. The van der Waals surface area contributed by atoms with Crippen LogP contribution in [-0.4, -0.2) is 82.4 Å². The zero-order chi connectivity index (χ0) is 35.1. The highest BCUT2D eigenvalue weighted by molar-refractivity contribution is 6.01. The second-order valence-electron chi connectivity index (χ2n) is 13.7. The third kappa shape index (κ3) is 8.72. The standard InChI is InChI=1S/C38H49N3O7/c1-7-9-11-16-29(28-19-17-27(18-20-28)26-14-12-10-13-15-26)23-32(39-35(45)48-37(3,4)5)33(42)41(38(8-2)24-31(38)34(43)44)36(46)40-22-21-30(25-40)47-6/h7-8,10,12-15,17-20,29-32H,1-2,9,11,16,21-25H2,3-6H3,(H,39,45)(H,43,44)/t29-,30?,31?,32+,38?/m1/s1. The third-order valence-electron chi connectivity index (χ3n) is 9.16. The molecule has 2 fully saturated rings. The highest BCUT2D eigenvalue weighted by Gasteiger charge is 2.65. The normalized spacial score (nSPS) is 21.5. The lowest BCUT2D eigenvalue weighted by Gasteiger charge is -2.36. The lowest BCUT2D eigenvalue weighted by molar-refractivity contribution is -0.140. The van der Waals surface area contributed by atoms with Crippen molar-refractivity contribution < 1.29 is 33.8 Å². The molecule has 1 heterocycles. The van der Waals surface area contributed by atoms with Crippen molar-refractivity contribution in [2.24, 2.45) is 5.92 Å². The first-order chi connectivity index (χ1) is 22.8. The van der Waals surface area contributed by atoms with E-state index in [4.69, 9.17) is 9.47 Å². The molecular formula is C38H49N3O7. The minimum absolute atomic E-state index is 0.0354. The molecule has 1 saturated heterocycles. The topological polar surface area (TPSA) is 125 Å². The number of carbonyl (C=O) groups is 4. The molecule has 2 aromatic carbocycles. The first-order valence-corrected chi connectivity index (χ1v) is 16.6. The van der Waals surface area contributed by atoms with Crippen LogP contribution in [0.2, 0.25) is 0 Å². The molecule has 10 heteroatoms. The smallest absolute Gasteiger partial charge is 0.408 e. The van der Waals surface area contributed by atoms with Crippen LogP contribution in [0.3, 0.4) is 0 Å². The Morgan fingerprint density at radius 2 is 1.75 bits per heavy atom. The number of aliphatic carboxylic acids is 1. The fourth-order valence-electron chi connectivity index (χ4n) is 6.47. The van der Waals surface area contributed by atoms with Crippen molar-refractivity contribution in [3.63, 3.8) is 0 Å². The summed E-state index contributed by atoms with van der Waals surface area (Å²) in [7, 11) is 1.56. The molecule has 1 saturated carbocycles. The van der Waals surface area contributed by atoms with Gasteiger partial charge in [-0.1, -0.05) is 66.7 Å². The number of ether oxygens (including phenoxy) is 2. The van der Waals surface area contributed by atoms with E-state index in [-0.39, 0.29) is 31.4 Å². The SMILES string of the molecule is C=CCCC[C@H](C[C@H](NC(=O)OC(C)(C)C)C(=O)N(C(=O)N1CCC(OC)C1)C1(C=C)CC1C(=O)O)c1ccc(-c2ccccc2)cc1. The molecule has 10 nitrogen and oxygen atoms in total. The molecule has 0 bridgehead atoms. The van der Waals surface area contributed by atoms with Crippen molar-refractivity contribution in [3.8, 4) is 11.1 Å². The van der Waals surface area contributed by atoms with Gasteiger partial charge in [0.25, 0.3) is 5.91 Å². The quantitative estimate of drug-likeness (QED) is 0.169. The molecule has 1 aliphatic heterocycles. The molecule has 0 radical (unpaired) electrons. The number of hydrogen-bond acceptors (Lipinski definition) is 6. The predicted octanol–water partition coefficient (Wildman–Crippen LogP) is 6.78. The minimum atomic E-state index is -1.44. The Bertz CT molecular complexity index is 1470. The number of benzene rings is 2. The number of carboxylic acids is 1. The summed E-state index contributed by atoms with van der Waals surface area (Å²) in [5.41, 5.74) is 0.806. The summed E-state index contributed by atoms with van der Waals surface area (Å²) in [6, 6.07) is 16.3. The number of nitrogens with one attached hydrogen (secondary N) is 1. The summed E-state index contributed by atoms with van der Waals surface area (Å²) < 4.78 is 11.0. The van der Waals surface area contributed by atoms with Gasteiger partial charge in [0.15, 0.2) is 0 Å². The number of rotatable bonds is 14. The number of urea groups is 1. The molecule has 258 valence electrons. The van der Waals surface area contributed by atoms with Crippen LogP contribution in [0.4, 0.5) is 9.59 Å². The van der Waals surface area contributed by atoms with E-state index in [2.05, 4.69) is 18.5 Å². The van der Waals surface area contributed by atoms with E-state index in [1.807, 2.05) is 60.7 Å². The van der Waals surface area contributed by atoms with Crippen molar-refractivity contribution in [2.45, 2.75) is 88.5 Å². The molecule has 0 aromatic heterocycles. The maximum Gasteiger partial charge on any atom is 0.408 e. The van der Waals surface area contributed by atoms with Crippen LogP contribution in [0.15, 0.2) is 79.9 Å². The van der Waals surface area contributed by atoms with Crippen LogP contribution in [0.25, 0.3) is 11.1 Å². The number of unbranched alkanes of at least 4 members (excludes halogenated alkanes) is 1. The Labute approximate surface area is 283 Å². The number of carboxylic acid groups (broad SMARTS) is 1. The van der Waals surface area contributed by atoms with Gasteiger partial charge in [-0.25, -0.2) is 9.59 Å². The van der Waals surface area contributed by atoms with Gasteiger partial charge in [-0.3, -0.25) is 14.5 Å². The van der Waals surface area contributed by atoms with Gasteiger partial charge in [-0.05, 0) is 81.9 Å². The summed E-state index contributed by atoms with van der Waals surface area (Å²) >= 11 is 0. The number of hydrogen-bond donors (Lipinski definition) is 2. The number of likely N-dealkylation sites (tertiary alicyclic amines) is 1. The number of carbonyl (C=O) groups excluding carboxylic acids is 3. The number of imide groups is 1. The van der Waals surface area contributed by atoms with E-state index < -0.39 is 47.1 Å². The first-order valence-electron chi connectivity index (χ1n) is 16.6. The Kier molecular flexibility index (Phi) is 11.9. The average molecular weight is 660 g/mol. The zero-order valence-corrected chi connectivity index (χ0v) is 28.5. The van der Waals surface area contributed by atoms with Gasteiger partial charge in [0.2, 0.25) is 0 Å². The average Bonchev–Trinajstić information content (AvgIpc) is 3.60. The van der Waals surface area contributed by atoms with E-state index in [1.54, 1.807) is 27.9 Å². The molecule has 5 atom stereocenters. The van der Waals surface area contributed by atoms with Crippen LogP contribution < -0.4 is 5.32 Å². The Morgan fingerprint density at radius 1 is 1.08 bits per heavy atom. The van der Waals surface area contributed by atoms with E-state index in [1.165, 1.54) is 11.0 Å². The van der Waals surface area contributed by atoms with Crippen molar-refractivity contribution >= 4 is 24.0 Å². The lowest BCUT2D eigenvalue weighted by atomic mass is 9.86. The fraction of sp³-hybridized carbons (Fsp3) is 0.474. The molecule has 2 N–H and O–H groups in total. The molecule has 48 heavy (non-hydrogen) atoms. The van der Waals surface area contributed by atoms with Crippen molar-refractivity contribution in [3.05, 3.63) is 85.5 Å². The van der Waals surface area contributed by atoms with Crippen molar-refractivity contribution in [2.75, 3.05) is 20.2 Å². The highest BCUT2D eigenvalue weighted by atomic mass is 16.6. The Balaban J connectivity index is 1.73. The van der Waals surface area contributed by atoms with Crippen LogP contribution in [0, 0.1) is 5.92 Å². The summed E-state index contributed by atoms with van der Waals surface area (Å²) in [6.45, 7) is 13.5. The van der Waals surface area contributed by atoms with E-state index >= 15 is 0 Å². The Hall–Kier alpha value is -4.44. The maximum absolute atomic E-state index is 14.8. The lowest BCUT2D eigenvalue weighted by Crippen LogP contribution is -2.59. The number of nitrogens with zero attached hydrogens (tertiary/aromatic N) is 2. The van der Waals surface area contributed by atoms with Crippen LogP contribution >= 0.6 is 0 Å². The van der Waals surface area contributed by atoms with Crippen LogP contribution in [-0.2, 0) is 19.1 Å². The van der Waals surface area contributed by atoms with Crippen LogP contribution in [0.5, 0.6) is 0 Å². The Morgan fingerprint density at radius 3 is 2.29 bits per heavy atom. The van der Waals surface area contributed by atoms with Gasteiger partial charge in [0, 0.05) is 20.2 Å². The van der Waals surface area contributed by atoms with Gasteiger partial charge in [0.05, 0.1) is 17.6 Å². The van der Waals surface area contributed by atoms with E-state index in [0.29, 0.717) is 19.4 Å². The summed E-state index contributed by atoms with van der Waals surface area (Å²) in [6.07, 6.45) is 5.19. The second-order valence-corrected chi connectivity index (χ2v) is 13.7. The predicted molar refractivity (Wildman–Crippen MR) is 184 cm³/mol. The third-order valence-corrected chi connectivity index (χ3v) is 9.16. The largest absolute Gasteiger partial charge is 0.481 e. The van der Waals surface area contributed by atoms with Crippen LogP contribution in [0.1, 0.15) is 70.8 Å². The van der Waals surface area contributed by atoms with Crippen molar-refractivity contribution in [1.29, 1.82) is 0 Å². The molecule has 4 rings (SSSR count). The number of alkyl carbamates (subject to hydrolysis) is 1. The monoisotopic (exact) mass is 659 g/mol. The maximum atomic E-state index is 14.8. The van der Waals surface area contributed by atoms with Crippen molar-refractivity contribution in [1.82, 2.24) is 15.1 Å². The molecule has 2 aromatic rings. The molecule has 0 spiro atoms. The number of allylic oxidation sites excluding steroid dienone is 1. The highest BCUT2D eigenvalue weighted by Crippen LogP contribution is 2.51. The molecule has 1 aliphatic carbocycles. The minimum Gasteiger partial charge on any atom is -0.481 e. The second kappa shape index (κ2) is 15.6. The van der Waals surface area contributed by atoms with Gasteiger partial charge in [-0.15, -0.1) is 13.2 Å². The van der Waals surface area contributed by atoms with Gasteiger partial charge < -0.3 is 24.8 Å². The fourth-order valence-corrected chi connectivity index (χ4v) is 6.47. The number of amides is 4. The van der Waals surface area contributed by atoms with E-state index in [0.717, 1.165) is 34.4 Å². The molecule has 4 amide bonds. The van der Waals surface area contributed by atoms with Gasteiger partial charge >= 0.3 is 18.1 Å². The van der Waals surface area contributed by atoms with Gasteiger partial charge in [-0.2, -0.15) is 0 Å². The summed E-state index contributed by atoms with van der Waals surface area (Å²) in [5, 5.41) is 12.7. The van der Waals surface area contributed by atoms with Gasteiger partial charge in [0.1, 0.15) is 11.6 Å². The first kappa shape index (κ1) is 36.4. The van der Waals surface area contributed by atoms with E-state index in [9.17, 15) is 24.3 Å². The summed E-state index contributed by atoms with van der Waals surface area (Å²) in [4.78, 5) is 57.0.